The van der Waals surface area contributed by atoms with E-state index in [0.717, 1.165) is 5.56 Å². The van der Waals surface area contributed by atoms with E-state index in [-0.39, 0.29) is 30.4 Å². The molecule has 34 heavy (non-hydrogen) atoms. The molecule has 9 nitrogen and oxygen atoms in total. The Hall–Kier alpha value is -4.14. The third kappa shape index (κ3) is 5.61. The fourth-order valence-electron chi connectivity index (χ4n) is 3.97. The van der Waals surface area contributed by atoms with Crippen molar-refractivity contribution in [3.63, 3.8) is 0 Å². The minimum absolute atomic E-state index is 0.0825. The molecule has 2 aromatic carbocycles. The smallest absolute Gasteiger partial charge is 0.272 e. The number of aldehydes is 1. The summed E-state index contributed by atoms with van der Waals surface area (Å²) in [5, 5.41) is 8.14. The van der Waals surface area contributed by atoms with E-state index in [1.807, 2.05) is 36.4 Å². The van der Waals surface area contributed by atoms with Gasteiger partial charge in [0.1, 0.15) is 18.0 Å². The van der Waals surface area contributed by atoms with Gasteiger partial charge in [0.25, 0.3) is 5.91 Å². The largest absolute Gasteiger partial charge is 0.356 e. The van der Waals surface area contributed by atoms with Crippen molar-refractivity contribution in [2.75, 3.05) is 6.54 Å². The first-order chi connectivity index (χ1) is 16.5. The van der Waals surface area contributed by atoms with Gasteiger partial charge >= 0.3 is 0 Å². The number of hydrogen-bond donors (Lipinski definition) is 3. The van der Waals surface area contributed by atoms with E-state index < -0.39 is 23.9 Å². The van der Waals surface area contributed by atoms with Crippen LogP contribution in [0.4, 0.5) is 0 Å². The molecule has 9 heteroatoms. The zero-order chi connectivity index (χ0) is 23.9. The minimum Gasteiger partial charge on any atom is -0.356 e. The van der Waals surface area contributed by atoms with Crippen LogP contribution in [-0.4, -0.2) is 52.6 Å². The van der Waals surface area contributed by atoms with Crippen molar-refractivity contribution in [1.82, 2.24) is 25.9 Å². The minimum atomic E-state index is -0.956. The standard InChI is InChI=1S/C25H25N5O4/c31-15-18(13-17-10-11-26-23(17)32)28-24(33)21(12-16-6-2-1-3-7-16)30-25(34)22-14-27-19-8-4-5-9-20(19)29-22/h1-9,14-15,17-18,21H,10-13H2,(H,26,32)(H,28,33)(H,30,34)/t17-,18-,21-/m0/s1. The summed E-state index contributed by atoms with van der Waals surface area (Å²) in [5.41, 5.74) is 2.14. The average molecular weight is 460 g/mol. The quantitative estimate of drug-likeness (QED) is 0.412. The van der Waals surface area contributed by atoms with Crippen molar-refractivity contribution < 1.29 is 19.2 Å². The molecule has 4 rings (SSSR count). The zero-order valence-electron chi connectivity index (χ0n) is 18.4. The van der Waals surface area contributed by atoms with Gasteiger partial charge in [-0.1, -0.05) is 42.5 Å². The second-order valence-electron chi connectivity index (χ2n) is 8.22. The number of nitrogens with one attached hydrogen (secondary N) is 3. The maximum atomic E-state index is 13.1. The molecule has 3 N–H and O–H groups in total. The van der Waals surface area contributed by atoms with Crippen LogP contribution in [0.2, 0.25) is 0 Å². The number of benzene rings is 2. The Bertz CT molecular complexity index is 1200. The third-order valence-electron chi connectivity index (χ3n) is 5.78. The normalized spacial score (nSPS) is 16.9. The average Bonchev–Trinajstić information content (AvgIpc) is 3.27. The predicted octanol–water partition coefficient (Wildman–Crippen LogP) is 1.18. The summed E-state index contributed by atoms with van der Waals surface area (Å²) in [7, 11) is 0. The SMILES string of the molecule is O=C[C@H](C[C@@H]1CCNC1=O)NC(=O)[C@H](Cc1ccccc1)NC(=O)c1cnc2ccccc2n1. The molecule has 0 unspecified atom stereocenters. The van der Waals surface area contributed by atoms with E-state index >= 15 is 0 Å². The molecule has 1 aliphatic heterocycles. The second kappa shape index (κ2) is 10.7. The molecule has 1 saturated heterocycles. The molecule has 3 aromatic rings. The summed E-state index contributed by atoms with van der Waals surface area (Å²) in [6.45, 7) is 0.558. The lowest BCUT2D eigenvalue weighted by Gasteiger charge is -2.22. The lowest BCUT2D eigenvalue weighted by Crippen LogP contribution is -2.51. The van der Waals surface area contributed by atoms with E-state index in [0.29, 0.717) is 30.3 Å². The number of fused-ring (bicyclic) bond motifs is 1. The van der Waals surface area contributed by atoms with Gasteiger partial charge in [-0.3, -0.25) is 19.4 Å². The van der Waals surface area contributed by atoms with Gasteiger partial charge in [-0.25, -0.2) is 4.98 Å². The van der Waals surface area contributed by atoms with Crippen LogP contribution in [-0.2, 0) is 20.8 Å². The van der Waals surface area contributed by atoms with E-state index in [2.05, 4.69) is 25.9 Å². The first kappa shape index (κ1) is 23.0. The van der Waals surface area contributed by atoms with Gasteiger partial charge in [-0.15, -0.1) is 0 Å². The highest BCUT2D eigenvalue weighted by atomic mass is 16.2. The van der Waals surface area contributed by atoms with Crippen molar-refractivity contribution in [2.24, 2.45) is 5.92 Å². The van der Waals surface area contributed by atoms with E-state index in [1.165, 1.54) is 6.20 Å². The maximum Gasteiger partial charge on any atom is 0.272 e. The number of carbonyl (C=O) groups is 4. The highest BCUT2D eigenvalue weighted by molar-refractivity contribution is 5.97. The van der Waals surface area contributed by atoms with Crippen molar-refractivity contribution in [3.05, 3.63) is 72.1 Å². The van der Waals surface area contributed by atoms with Crippen LogP contribution in [0.25, 0.3) is 11.0 Å². The Morgan fingerprint density at radius 1 is 1.06 bits per heavy atom. The summed E-state index contributed by atoms with van der Waals surface area (Å²) in [5.74, 6) is -1.51. The van der Waals surface area contributed by atoms with Crippen molar-refractivity contribution in [1.29, 1.82) is 0 Å². The first-order valence-corrected chi connectivity index (χ1v) is 11.1. The van der Waals surface area contributed by atoms with E-state index in [4.69, 9.17) is 0 Å². The van der Waals surface area contributed by atoms with Gasteiger partial charge in [0.05, 0.1) is 23.3 Å². The molecule has 0 radical (unpaired) electrons. The van der Waals surface area contributed by atoms with Crippen LogP contribution in [0.5, 0.6) is 0 Å². The van der Waals surface area contributed by atoms with Crippen LogP contribution >= 0.6 is 0 Å². The fraction of sp³-hybridized carbons (Fsp3) is 0.280. The zero-order valence-corrected chi connectivity index (χ0v) is 18.4. The summed E-state index contributed by atoms with van der Waals surface area (Å²) in [6.07, 6.45) is 3.03. The topological polar surface area (TPSA) is 130 Å². The van der Waals surface area contributed by atoms with Gasteiger partial charge in [0, 0.05) is 18.9 Å². The number of rotatable bonds is 9. The maximum absolute atomic E-state index is 13.1. The molecule has 3 atom stereocenters. The van der Waals surface area contributed by atoms with Crippen molar-refractivity contribution in [3.8, 4) is 0 Å². The lowest BCUT2D eigenvalue weighted by atomic mass is 9.98. The highest BCUT2D eigenvalue weighted by Crippen LogP contribution is 2.16. The van der Waals surface area contributed by atoms with Gasteiger partial charge < -0.3 is 20.7 Å². The molecule has 0 bridgehead atoms. The Morgan fingerprint density at radius 3 is 2.50 bits per heavy atom. The highest BCUT2D eigenvalue weighted by Gasteiger charge is 2.30. The van der Waals surface area contributed by atoms with Crippen LogP contribution in [0.3, 0.4) is 0 Å². The molecule has 3 amide bonds. The van der Waals surface area contributed by atoms with Gasteiger partial charge in [0.2, 0.25) is 11.8 Å². The van der Waals surface area contributed by atoms with Gasteiger partial charge in [-0.05, 0) is 30.5 Å². The molecule has 0 spiro atoms. The van der Waals surface area contributed by atoms with Crippen LogP contribution in [0, 0.1) is 5.92 Å². The number of para-hydroxylation sites is 2. The van der Waals surface area contributed by atoms with Crippen LogP contribution < -0.4 is 16.0 Å². The predicted molar refractivity (Wildman–Crippen MR) is 125 cm³/mol. The van der Waals surface area contributed by atoms with Crippen LogP contribution in [0.15, 0.2) is 60.8 Å². The summed E-state index contributed by atoms with van der Waals surface area (Å²) < 4.78 is 0. The number of carbonyl (C=O) groups excluding carboxylic acids is 4. The molecular weight excluding hydrogens is 434 g/mol. The molecule has 174 valence electrons. The summed E-state index contributed by atoms with van der Waals surface area (Å²) >= 11 is 0. The second-order valence-corrected chi connectivity index (χ2v) is 8.22. The molecule has 1 aromatic heterocycles. The van der Waals surface area contributed by atoms with Crippen molar-refractivity contribution in [2.45, 2.75) is 31.3 Å². The monoisotopic (exact) mass is 459 g/mol. The van der Waals surface area contributed by atoms with E-state index in [1.54, 1.807) is 18.2 Å². The molecule has 0 saturated carbocycles. The first-order valence-electron chi connectivity index (χ1n) is 11.1. The Labute approximate surface area is 196 Å². The molecule has 1 aliphatic rings. The van der Waals surface area contributed by atoms with Gasteiger partial charge in [-0.2, -0.15) is 0 Å². The molecule has 2 heterocycles. The summed E-state index contributed by atoms with van der Waals surface area (Å²) in [6, 6.07) is 14.6. The third-order valence-corrected chi connectivity index (χ3v) is 5.78. The molecule has 1 fully saturated rings. The fourth-order valence-corrected chi connectivity index (χ4v) is 3.97. The number of aromatic nitrogens is 2. The number of nitrogens with zero attached hydrogens (tertiary/aromatic N) is 2. The van der Waals surface area contributed by atoms with Gasteiger partial charge in [0.15, 0.2) is 0 Å². The Kier molecular flexibility index (Phi) is 7.22. The number of hydrogen-bond acceptors (Lipinski definition) is 6. The Balaban J connectivity index is 1.50. The molecule has 0 aliphatic carbocycles. The van der Waals surface area contributed by atoms with Crippen molar-refractivity contribution >= 4 is 35.0 Å². The lowest BCUT2D eigenvalue weighted by molar-refractivity contribution is -0.127. The van der Waals surface area contributed by atoms with Crippen LogP contribution in [0.1, 0.15) is 28.9 Å². The van der Waals surface area contributed by atoms with E-state index in [9.17, 15) is 19.2 Å². The number of amides is 3. The summed E-state index contributed by atoms with van der Waals surface area (Å²) in [4.78, 5) is 58.2. The Morgan fingerprint density at radius 2 is 1.79 bits per heavy atom. The molecular formula is C25H25N5O4.